The fraction of sp³-hybridized carbons (Fsp3) is 0.579. The molecule has 1 aromatic rings. The second kappa shape index (κ2) is 10.7. The third-order valence-corrected chi connectivity index (χ3v) is 4.86. The summed E-state index contributed by atoms with van der Waals surface area (Å²) < 4.78 is 10.7. The van der Waals surface area contributed by atoms with Gasteiger partial charge in [0, 0.05) is 11.1 Å². The molecule has 0 N–H and O–H groups in total. The van der Waals surface area contributed by atoms with Gasteiger partial charge in [0.25, 0.3) is 0 Å². The molecule has 0 spiro atoms. The number of unbranched alkanes of at least 4 members (excludes halogenated alkanes) is 3. The van der Waals surface area contributed by atoms with Crippen molar-refractivity contribution in [1.29, 1.82) is 0 Å². The second-order valence-electron chi connectivity index (χ2n) is 5.95. The van der Waals surface area contributed by atoms with Crippen molar-refractivity contribution in [3.8, 4) is 5.75 Å². The monoisotopic (exact) mass is 388 g/mol. The van der Waals surface area contributed by atoms with Crippen molar-refractivity contribution < 1.29 is 19.1 Å². The normalized spacial score (nSPS) is 11.2. The highest BCUT2D eigenvalue weighted by Crippen LogP contribution is 2.34. The molecule has 0 fully saturated rings. The molecule has 0 saturated heterocycles. The summed E-state index contributed by atoms with van der Waals surface area (Å²) >= 11 is 11.9. The summed E-state index contributed by atoms with van der Waals surface area (Å²) in [5, 5.41) is 0.649. The number of benzene rings is 1. The van der Waals surface area contributed by atoms with E-state index in [9.17, 15) is 9.59 Å². The van der Waals surface area contributed by atoms with Gasteiger partial charge in [0.2, 0.25) is 0 Å². The number of esters is 2. The highest BCUT2D eigenvalue weighted by molar-refractivity contribution is 6.34. The van der Waals surface area contributed by atoms with Gasteiger partial charge < -0.3 is 9.47 Å². The zero-order valence-corrected chi connectivity index (χ0v) is 16.6. The Kier molecular flexibility index (Phi) is 9.30. The summed E-state index contributed by atoms with van der Waals surface area (Å²) in [6.45, 7) is 5.96. The highest BCUT2D eigenvalue weighted by atomic mass is 35.5. The Morgan fingerprint density at radius 2 is 1.68 bits per heavy atom. The van der Waals surface area contributed by atoms with Crippen LogP contribution >= 0.6 is 23.2 Å². The lowest BCUT2D eigenvalue weighted by Gasteiger charge is -2.27. The molecular formula is C19H26Cl2O4. The number of hydrogen-bond acceptors (Lipinski definition) is 4. The van der Waals surface area contributed by atoms with Crippen LogP contribution in [0, 0.1) is 5.41 Å². The van der Waals surface area contributed by atoms with Crippen LogP contribution in [0.5, 0.6) is 5.75 Å². The van der Waals surface area contributed by atoms with Gasteiger partial charge in [-0.25, -0.2) is 0 Å². The molecule has 0 amide bonds. The van der Waals surface area contributed by atoms with Crippen LogP contribution in [-0.2, 0) is 14.3 Å². The molecule has 0 radical (unpaired) electrons. The van der Waals surface area contributed by atoms with E-state index in [1.165, 1.54) is 12.1 Å². The first-order valence-corrected chi connectivity index (χ1v) is 9.51. The van der Waals surface area contributed by atoms with Crippen LogP contribution < -0.4 is 4.74 Å². The lowest BCUT2D eigenvalue weighted by Crippen LogP contribution is -2.42. The van der Waals surface area contributed by atoms with Crippen LogP contribution in [0.3, 0.4) is 0 Å². The highest BCUT2D eigenvalue weighted by Gasteiger charge is 2.46. The average molecular weight is 389 g/mol. The Balaban J connectivity index is 2.83. The summed E-state index contributed by atoms with van der Waals surface area (Å²) in [5.74, 6) is -1.07. The molecule has 0 aliphatic heterocycles. The van der Waals surface area contributed by atoms with Crippen molar-refractivity contribution in [2.45, 2.75) is 59.3 Å². The summed E-state index contributed by atoms with van der Waals surface area (Å²) in [5.41, 5.74) is -1.34. The molecule has 0 aliphatic carbocycles. The van der Waals surface area contributed by atoms with Gasteiger partial charge in [-0.3, -0.25) is 9.59 Å². The zero-order valence-electron chi connectivity index (χ0n) is 15.1. The van der Waals surface area contributed by atoms with E-state index in [-0.39, 0.29) is 23.6 Å². The maximum Gasteiger partial charge on any atom is 0.328 e. The van der Waals surface area contributed by atoms with Crippen LogP contribution in [0.25, 0.3) is 0 Å². The Labute approximate surface area is 159 Å². The third-order valence-electron chi connectivity index (χ3n) is 4.32. The van der Waals surface area contributed by atoms with Crippen LogP contribution in [-0.4, -0.2) is 18.5 Å². The Morgan fingerprint density at radius 1 is 1.00 bits per heavy atom. The Bertz CT molecular complexity index is 583. The lowest BCUT2D eigenvalue weighted by atomic mass is 9.82. The van der Waals surface area contributed by atoms with Crippen molar-refractivity contribution in [2.75, 3.05) is 6.61 Å². The maximum absolute atomic E-state index is 12.7. The maximum atomic E-state index is 12.7. The smallest absolute Gasteiger partial charge is 0.328 e. The quantitative estimate of drug-likeness (QED) is 0.219. The number of rotatable bonds is 10. The summed E-state index contributed by atoms with van der Waals surface area (Å²) in [7, 11) is 0. The van der Waals surface area contributed by atoms with Crippen LogP contribution in [0.1, 0.15) is 59.3 Å². The molecule has 0 aliphatic rings. The number of hydrogen-bond donors (Lipinski definition) is 0. The molecule has 0 heterocycles. The number of carbonyl (C=O) groups excluding carboxylic acids is 2. The van der Waals surface area contributed by atoms with Gasteiger partial charge in [-0.2, -0.15) is 0 Å². The van der Waals surface area contributed by atoms with E-state index in [0.29, 0.717) is 11.6 Å². The van der Waals surface area contributed by atoms with Crippen molar-refractivity contribution in [1.82, 2.24) is 0 Å². The number of halogens is 2. The minimum Gasteiger partial charge on any atom is -0.465 e. The van der Waals surface area contributed by atoms with Crippen molar-refractivity contribution in [3.63, 3.8) is 0 Å². The molecule has 25 heavy (non-hydrogen) atoms. The summed E-state index contributed by atoms with van der Waals surface area (Å²) in [6.07, 6.45) is 4.56. The molecule has 1 rings (SSSR count). The van der Waals surface area contributed by atoms with Gasteiger partial charge in [0.1, 0.15) is 0 Å². The predicted molar refractivity (Wildman–Crippen MR) is 100 cm³/mol. The molecule has 140 valence electrons. The molecule has 0 saturated carbocycles. The average Bonchev–Trinajstić information content (AvgIpc) is 2.59. The minimum absolute atomic E-state index is 0.140. The van der Waals surface area contributed by atoms with Crippen LogP contribution in [0.15, 0.2) is 18.2 Å². The molecule has 6 heteroatoms. The SMILES string of the molecule is CCCCCCOC(=O)C(CC)(CC)C(=O)Oc1cc(Cl)ccc1Cl. The summed E-state index contributed by atoms with van der Waals surface area (Å²) in [6, 6.07) is 4.59. The fourth-order valence-corrected chi connectivity index (χ4v) is 2.81. The van der Waals surface area contributed by atoms with E-state index in [1.54, 1.807) is 19.9 Å². The minimum atomic E-state index is -1.34. The molecule has 0 atom stereocenters. The van der Waals surface area contributed by atoms with E-state index >= 15 is 0 Å². The topological polar surface area (TPSA) is 52.6 Å². The molecule has 4 nitrogen and oxygen atoms in total. The Morgan fingerprint density at radius 3 is 2.28 bits per heavy atom. The summed E-state index contributed by atoms with van der Waals surface area (Å²) in [4.78, 5) is 25.3. The standard InChI is InChI=1S/C19H26Cl2O4/c1-4-7-8-9-12-24-17(22)19(5-2,6-3)18(23)25-16-13-14(20)10-11-15(16)21/h10-11,13H,4-9,12H2,1-3H3. The first-order chi connectivity index (χ1) is 11.9. The second-order valence-corrected chi connectivity index (χ2v) is 6.79. The molecule has 1 aromatic carbocycles. The Hall–Kier alpha value is -1.26. The van der Waals surface area contributed by atoms with Crippen molar-refractivity contribution in [2.24, 2.45) is 5.41 Å². The number of carbonyl (C=O) groups is 2. The molecule has 0 bridgehead atoms. The molecular weight excluding hydrogens is 363 g/mol. The van der Waals surface area contributed by atoms with E-state index in [2.05, 4.69) is 6.92 Å². The first-order valence-electron chi connectivity index (χ1n) is 8.75. The van der Waals surface area contributed by atoms with Gasteiger partial charge >= 0.3 is 11.9 Å². The van der Waals surface area contributed by atoms with Gasteiger partial charge in [-0.1, -0.05) is 63.2 Å². The molecule has 0 unspecified atom stereocenters. The van der Waals surface area contributed by atoms with E-state index in [0.717, 1.165) is 25.7 Å². The van der Waals surface area contributed by atoms with Crippen molar-refractivity contribution >= 4 is 35.1 Å². The van der Waals surface area contributed by atoms with E-state index < -0.39 is 17.4 Å². The van der Waals surface area contributed by atoms with Crippen LogP contribution in [0.4, 0.5) is 0 Å². The van der Waals surface area contributed by atoms with Gasteiger partial charge in [0.05, 0.1) is 11.6 Å². The molecule has 0 aromatic heterocycles. The van der Waals surface area contributed by atoms with E-state index in [1.807, 2.05) is 0 Å². The van der Waals surface area contributed by atoms with Crippen LogP contribution in [0.2, 0.25) is 10.0 Å². The first kappa shape index (κ1) is 21.8. The van der Waals surface area contributed by atoms with Gasteiger partial charge in [-0.05, 0) is 31.4 Å². The lowest BCUT2D eigenvalue weighted by molar-refractivity contribution is -0.168. The number of ether oxygens (including phenoxy) is 2. The third kappa shape index (κ3) is 5.89. The largest absolute Gasteiger partial charge is 0.465 e. The zero-order chi connectivity index (χ0) is 18.9. The van der Waals surface area contributed by atoms with Gasteiger partial charge in [0.15, 0.2) is 11.2 Å². The van der Waals surface area contributed by atoms with Gasteiger partial charge in [-0.15, -0.1) is 0 Å². The fourth-order valence-electron chi connectivity index (χ4n) is 2.50. The predicted octanol–water partition coefficient (Wildman–Crippen LogP) is 5.83. The van der Waals surface area contributed by atoms with Crippen molar-refractivity contribution in [3.05, 3.63) is 28.2 Å². The van der Waals surface area contributed by atoms with E-state index in [4.69, 9.17) is 32.7 Å².